The maximum absolute atomic E-state index is 6.34. The molecule has 12 heavy (non-hydrogen) atoms. The van der Waals surface area contributed by atoms with Crippen LogP contribution in [-0.2, 0) is 0 Å². The Labute approximate surface area is 72.7 Å². The molecule has 0 saturated heterocycles. The molecule has 5 saturated carbocycles. The van der Waals surface area contributed by atoms with E-state index in [4.69, 9.17) is 11.5 Å². The number of nitrogens with two attached hydrogens (primary N) is 2. The Morgan fingerprint density at radius 3 is 1.33 bits per heavy atom. The Hall–Kier alpha value is -0.0800. The summed E-state index contributed by atoms with van der Waals surface area (Å²) in [6.45, 7) is 0. The van der Waals surface area contributed by atoms with E-state index in [0.29, 0.717) is 10.8 Å². The first kappa shape index (κ1) is 6.39. The zero-order chi connectivity index (χ0) is 8.24. The lowest BCUT2D eigenvalue weighted by molar-refractivity contribution is 0.135. The highest BCUT2D eigenvalue weighted by Crippen LogP contribution is 2.87. The minimum absolute atomic E-state index is 0.156. The fraction of sp³-hybridized carbons (Fsp3) is 1.00. The van der Waals surface area contributed by atoms with E-state index in [0.717, 1.165) is 6.42 Å². The average Bonchev–Trinajstić information content (AvgIpc) is 2.13. The van der Waals surface area contributed by atoms with Gasteiger partial charge in [0.25, 0.3) is 0 Å². The van der Waals surface area contributed by atoms with E-state index in [1.54, 1.807) is 0 Å². The van der Waals surface area contributed by atoms with Gasteiger partial charge in [-0.3, -0.25) is 0 Å². The van der Waals surface area contributed by atoms with E-state index >= 15 is 0 Å². The molecule has 0 aliphatic heterocycles. The molecule has 4 bridgehead atoms. The number of hydrogen-bond acceptors (Lipinski definition) is 2. The Kier molecular flexibility index (Phi) is 0.639. The van der Waals surface area contributed by atoms with Gasteiger partial charge in [-0.05, 0) is 49.4 Å². The fourth-order valence-electron chi connectivity index (χ4n) is 5.50. The maximum Gasteiger partial charge on any atom is 0.0182 e. The molecule has 0 radical (unpaired) electrons. The first-order valence-corrected chi connectivity index (χ1v) is 5.07. The zero-order valence-electron chi connectivity index (χ0n) is 7.40. The van der Waals surface area contributed by atoms with Gasteiger partial charge in [0.15, 0.2) is 0 Å². The predicted octanol–water partition coefficient (Wildman–Crippen LogP) is 0.749. The molecule has 2 spiro atoms. The second-order valence-electron chi connectivity index (χ2n) is 6.35. The largest absolute Gasteiger partial charge is 0.325 e. The summed E-state index contributed by atoms with van der Waals surface area (Å²) >= 11 is 0. The van der Waals surface area contributed by atoms with E-state index in [2.05, 4.69) is 0 Å². The van der Waals surface area contributed by atoms with Crippen molar-refractivity contribution < 1.29 is 0 Å². The van der Waals surface area contributed by atoms with Crippen LogP contribution in [-0.4, -0.2) is 11.1 Å². The van der Waals surface area contributed by atoms with Crippen LogP contribution in [0.25, 0.3) is 0 Å². The Morgan fingerprint density at radius 1 is 0.583 bits per heavy atom. The molecule has 5 aliphatic rings. The molecule has 2 nitrogen and oxygen atoms in total. The number of rotatable bonds is 0. The highest BCUT2D eigenvalue weighted by Gasteiger charge is 2.83. The van der Waals surface area contributed by atoms with E-state index in [9.17, 15) is 0 Å². The first-order valence-electron chi connectivity index (χ1n) is 5.07. The summed E-state index contributed by atoms with van der Waals surface area (Å²) in [5.74, 6) is 0. The van der Waals surface area contributed by atoms with Crippen molar-refractivity contribution in [3.05, 3.63) is 0 Å². The van der Waals surface area contributed by atoms with E-state index < -0.39 is 0 Å². The smallest absolute Gasteiger partial charge is 0.0182 e. The molecule has 0 aromatic heterocycles. The predicted molar refractivity (Wildman–Crippen MR) is 46.4 cm³/mol. The highest BCUT2D eigenvalue weighted by atomic mass is 15.0. The molecule has 66 valence electrons. The first-order chi connectivity index (χ1) is 5.49. The van der Waals surface area contributed by atoms with Crippen LogP contribution in [0, 0.1) is 10.8 Å². The summed E-state index contributed by atoms with van der Waals surface area (Å²) in [4.78, 5) is 0. The third-order valence-corrected chi connectivity index (χ3v) is 5.14. The molecular formula is C10H16N2. The summed E-state index contributed by atoms with van der Waals surface area (Å²) < 4.78 is 0. The van der Waals surface area contributed by atoms with Crippen molar-refractivity contribution in [2.45, 2.75) is 49.6 Å². The van der Waals surface area contributed by atoms with Crippen molar-refractivity contribution in [2.75, 3.05) is 0 Å². The van der Waals surface area contributed by atoms with Crippen LogP contribution in [0.1, 0.15) is 38.5 Å². The van der Waals surface area contributed by atoms with Crippen LogP contribution in [0.2, 0.25) is 0 Å². The molecule has 0 atom stereocenters. The molecule has 0 amide bonds. The summed E-state index contributed by atoms with van der Waals surface area (Å²) in [6.07, 6.45) is 7.72. The fourth-order valence-corrected chi connectivity index (χ4v) is 5.50. The lowest BCUT2D eigenvalue weighted by Gasteiger charge is -2.46. The van der Waals surface area contributed by atoms with Crippen LogP contribution in [0.5, 0.6) is 0 Å². The average molecular weight is 164 g/mol. The summed E-state index contributed by atoms with van der Waals surface area (Å²) in [6, 6.07) is 0. The van der Waals surface area contributed by atoms with Gasteiger partial charge in [-0.2, -0.15) is 0 Å². The summed E-state index contributed by atoms with van der Waals surface area (Å²) in [5.41, 5.74) is 14.3. The van der Waals surface area contributed by atoms with Gasteiger partial charge in [-0.1, -0.05) is 0 Å². The standard InChI is InChI=1S/C10H16N2/c11-9-2-7-1-8(7,4-9)5-10(12,3-7)6-9/h1-6,11-12H2. The van der Waals surface area contributed by atoms with E-state index in [1.165, 1.54) is 32.1 Å². The quantitative estimate of drug-likeness (QED) is 0.555. The zero-order valence-corrected chi connectivity index (χ0v) is 7.40. The monoisotopic (exact) mass is 164 g/mol. The Bertz CT molecular complexity index is 243. The van der Waals surface area contributed by atoms with Crippen molar-refractivity contribution in [1.29, 1.82) is 0 Å². The maximum atomic E-state index is 6.34. The molecule has 5 aliphatic carbocycles. The molecule has 0 unspecified atom stereocenters. The number of hydrogen-bond donors (Lipinski definition) is 2. The third-order valence-electron chi connectivity index (χ3n) is 5.14. The van der Waals surface area contributed by atoms with Crippen LogP contribution in [0.3, 0.4) is 0 Å². The summed E-state index contributed by atoms with van der Waals surface area (Å²) in [7, 11) is 0. The lowest BCUT2D eigenvalue weighted by Crippen LogP contribution is -2.57. The van der Waals surface area contributed by atoms with Gasteiger partial charge >= 0.3 is 0 Å². The molecule has 5 fully saturated rings. The van der Waals surface area contributed by atoms with Crippen LogP contribution < -0.4 is 11.5 Å². The molecule has 0 aromatic rings. The van der Waals surface area contributed by atoms with Gasteiger partial charge in [0.05, 0.1) is 0 Å². The van der Waals surface area contributed by atoms with Crippen molar-refractivity contribution >= 4 is 0 Å². The highest BCUT2D eigenvalue weighted by molar-refractivity contribution is 5.37. The molecule has 2 heteroatoms. The van der Waals surface area contributed by atoms with Crippen molar-refractivity contribution in [3.63, 3.8) is 0 Å². The molecule has 4 N–H and O–H groups in total. The topological polar surface area (TPSA) is 52.0 Å². The van der Waals surface area contributed by atoms with Crippen LogP contribution in [0.4, 0.5) is 0 Å². The van der Waals surface area contributed by atoms with Gasteiger partial charge in [-0.25, -0.2) is 0 Å². The van der Waals surface area contributed by atoms with E-state index in [1.807, 2.05) is 0 Å². The molecule has 5 rings (SSSR count). The molecular weight excluding hydrogens is 148 g/mol. The van der Waals surface area contributed by atoms with Crippen molar-refractivity contribution in [1.82, 2.24) is 0 Å². The second kappa shape index (κ2) is 1.20. The molecule has 0 heterocycles. The lowest BCUT2D eigenvalue weighted by atomic mass is 9.65. The van der Waals surface area contributed by atoms with Gasteiger partial charge in [0, 0.05) is 11.1 Å². The molecule has 0 aromatic carbocycles. The van der Waals surface area contributed by atoms with Crippen molar-refractivity contribution in [3.8, 4) is 0 Å². The summed E-state index contributed by atoms with van der Waals surface area (Å²) in [5, 5.41) is 0. The minimum atomic E-state index is 0.156. The van der Waals surface area contributed by atoms with Crippen LogP contribution >= 0.6 is 0 Å². The third kappa shape index (κ3) is 0.428. The van der Waals surface area contributed by atoms with Crippen molar-refractivity contribution in [2.24, 2.45) is 22.3 Å². The van der Waals surface area contributed by atoms with Crippen LogP contribution in [0.15, 0.2) is 0 Å². The van der Waals surface area contributed by atoms with Gasteiger partial charge in [0.2, 0.25) is 0 Å². The SMILES string of the molecule is NC12CC3(N)CC4(C1)CC4(C2)C3. The Morgan fingerprint density at radius 2 is 1.00 bits per heavy atom. The Balaban J connectivity index is 1.93. The van der Waals surface area contributed by atoms with E-state index in [-0.39, 0.29) is 11.1 Å². The second-order valence-corrected chi connectivity index (χ2v) is 6.35. The normalized spacial score (nSPS) is 76.5. The van der Waals surface area contributed by atoms with Gasteiger partial charge < -0.3 is 11.5 Å². The van der Waals surface area contributed by atoms with Gasteiger partial charge in [-0.15, -0.1) is 0 Å². The minimum Gasteiger partial charge on any atom is -0.325 e. The van der Waals surface area contributed by atoms with Gasteiger partial charge in [0.1, 0.15) is 0 Å².